The van der Waals surface area contributed by atoms with Crippen LogP contribution in [0.5, 0.6) is 5.75 Å². The maximum Gasteiger partial charge on any atom is 0.320 e. The molecular weight excluding hydrogens is 332 g/mol. The van der Waals surface area contributed by atoms with Crippen LogP contribution in [0.25, 0.3) is 11.1 Å². The van der Waals surface area contributed by atoms with Gasteiger partial charge in [-0.1, -0.05) is 24.3 Å². The molecule has 26 heavy (non-hydrogen) atoms. The number of carboxylic acid groups (broad SMARTS) is 1. The second kappa shape index (κ2) is 7.79. The highest BCUT2D eigenvalue weighted by Crippen LogP contribution is 2.24. The second-order valence-electron chi connectivity index (χ2n) is 5.99. The van der Waals surface area contributed by atoms with Crippen LogP contribution >= 0.6 is 0 Å². The minimum atomic E-state index is -1.00. The van der Waals surface area contributed by atoms with Gasteiger partial charge in [-0.25, -0.2) is 0 Å². The molecule has 0 aliphatic rings. The van der Waals surface area contributed by atoms with Crippen molar-refractivity contribution in [3.05, 3.63) is 66.2 Å². The summed E-state index contributed by atoms with van der Waals surface area (Å²) in [6.07, 6.45) is 5.57. The Morgan fingerprint density at radius 3 is 2.73 bits per heavy atom. The zero-order chi connectivity index (χ0) is 18.5. The van der Waals surface area contributed by atoms with Crippen molar-refractivity contribution in [2.45, 2.75) is 19.1 Å². The summed E-state index contributed by atoms with van der Waals surface area (Å²) in [5, 5.41) is 13.4. The van der Waals surface area contributed by atoms with Gasteiger partial charge < -0.3 is 15.6 Å². The Labute approximate surface area is 151 Å². The van der Waals surface area contributed by atoms with E-state index in [2.05, 4.69) is 10.1 Å². The normalized spacial score (nSPS) is 11.9. The molecule has 134 valence electrons. The predicted molar refractivity (Wildman–Crippen MR) is 96.5 cm³/mol. The third-order valence-electron chi connectivity index (χ3n) is 3.95. The third kappa shape index (κ3) is 4.25. The maximum atomic E-state index is 10.9. The van der Waals surface area contributed by atoms with Crippen LogP contribution < -0.4 is 10.5 Å². The van der Waals surface area contributed by atoms with Crippen LogP contribution in [0.1, 0.15) is 11.3 Å². The molecule has 0 saturated carbocycles. The van der Waals surface area contributed by atoms with Gasteiger partial charge in [0.2, 0.25) is 0 Å². The average molecular weight is 352 g/mol. The lowest BCUT2D eigenvalue weighted by atomic mass is 10.0. The Bertz CT molecular complexity index is 876. The fourth-order valence-electron chi connectivity index (χ4n) is 2.63. The van der Waals surface area contributed by atoms with Gasteiger partial charge in [0.25, 0.3) is 0 Å². The fourth-order valence-corrected chi connectivity index (χ4v) is 2.63. The summed E-state index contributed by atoms with van der Waals surface area (Å²) in [6.45, 7) is 0.327. The highest BCUT2D eigenvalue weighted by molar-refractivity contribution is 5.73. The molecule has 2 heterocycles. The lowest BCUT2D eigenvalue weighted by molar-refractivity contribution is -0.138. The molecule has 0 amide bonds. The minimum Gasteiger partial charge on any atom is -0.486 e. The molecule has 3 rings (SSSR count). The van der Waals surface area contributed by atoms with Crippen LogP contribution in [0, 0.1) is 0 Å². The van der Waals surface area contributed by atoms with E-state index in [1.165, 1.54) is 0 Å². The van der Waals surface area contributed by atoms with Gasteiger partial charge in [0.15, 0.2) is 0 Å². The predicted octanol–water partition coefficient (Wildman–Crippen LogP) is 2.02. The molecule has 1 atom stereocenters. The van der Waals surface area contributed by atoms with E-state index in [0.29, 0.717) is 18.8 Å². The van der Waals surface area contributed by atoms with E-state index in [4.69, 9.17) is 15.6 Å². The van der Waals surface area contributed by atoms with Crippen molar-refractivity contribution >= 4 is 5.97 Å². The van der Waals surface area contributed by atoms with Gasteiger partial charge in [-0.3, -0.25) is 14.5 Å². The van der Waals surface area contributed by atoms with Crippen molar-refractivity contribution in [3.63, 3.8) is 0 Å². The zero-order valence-electron chi connectivity index (χ0n) is 14.4. The van der Waals surface area contributed by atoms with Crippen molar-refractivity contribution in [1.82, 2.24) is 14.8 Å². The van der Waals surface area contributed by atoms with E-state index in [1.807, 2.05) is 49.6 Å². The Hall–Kier alpha value is -3.19. The van der Waals surface area contributed by atoms with E-state index in [-0.39, 0.29) is 0 Å². The molecule has 0 spiro atoms. The first-order chi connectivity index (χ1) is 12.5. The summed E-state index contributed by atoms with van der Waals surface area (Å²) < 4.78 is 7.49. The van der Waals surface area contributed by atoms with Gasteiger partial charge in [0.1, 0.15) is 24.1 Å². The quantitative estimate of drug-likeness (QED) is 0.674. The number of aliphatic carboxylic acids is 1. The first-order valence-corrected chi connectivity index (χ1v) is 8.16. The van der Waals surface area contributed by atoms with E-state index >= 15 is 0 Å². The molecule has 0 aliphatic carbocycles. The van der Waals surface area contributed by atoms with Crippen LogP contribution in [0.3, 0.4) is 0 Å². The van der Waals surface area contributed by atoms with Crippen LogP contribution in [-0.2, 0) is 24.9 Å². The first-order valence-electron chi connectivity index (χ1n) is 8.16. The summed E-state index contributed by atoms with van der Waals surface area (Å²) in [5.41, 5.74) is 9.22. The Balaban J connectivity index is 1.75. The largest absolute Gasteiger partial charge is 0.486 e. The number of ether oxygens (including phenoxy) is 1. The molecule has 1 aromatic carbocycles. The van der Waals surface area contributed by atoms with Gasteiger partial charge in [0.05, 0.1) is 6.20 Å². The molecule has 7 heteroatoms. The number of aryl methyl sites for hydroxylation is 1. The summed E-state index contributed by atoms with van der Waals surface area (Å²) in [6, 6.07) is 10.4. The molecule has 2 aromatic heterocycles. The van der Waals surface area contributed by atoms with Crippen LogP contribution in [0.2, 0.25) is 0 Å². The summed E-state index contributed by atoms with van der Waals surface area (Å²) in [5.74, 6) is -0.321. The smallest absolute Gasteiger partial charge is 0.320 e. The summed E-state index contributed by atoms with van der Waals surface area (Å²) in [4.78, 5) is 14.9. The van der Waals surface area contributed by atoms with Gasteiger partial charge in [-0.15, -0.1) is 0 Å². The van der Waals surface area contributed by atoms with Crippen molar-refractivity contribution in [2.24, 2.45) is 12.8 Å². The topological polar surface area (TPSA) is 103 Å². The first kappa shape index (κ1) is 17.6. The van der Waals surface area contributed by atoms with E-state index in [0.717, 1.165) is 22.4 Å². The number of hydrogen-bond acceptors (Lipinski definition) is 5. The number of aromatic nitrogens is 3. The number of carboxylic acids is 1. The fraction of sp³-hybridized carbons (Fsp3) is 0.211. The molecule has 7 nitrogen and oxygen atoms in total. The molecule has 0 unspecified atom stereocenters. The molecule has 0 radical (unpaired) electrons. The number of nitrogens with two attached hydrogens (primary N) is 1. The van der Waals surface area contributed by atoms with Crippen LogP contribution in [0.15, 0.2) is 55.0 Å². The van der Waals surface area contributed by atoms with Crippen molar-refractivity contribution < 1.29 is 14.6 Å². The van der Waals surface area contributed by atoms with Gasteiger partial charge in [0, 0.05) is 25.0 Å². The summed E-state index contributed by atoms with van der Waals surface area (Å²) in [7, 11) is 1.86. The molecule has 0 aliphatic heterocycles. The highest BCUT2D eigenvalue weighted by atomic mass is 16.5. The average Bonchev–Trinajstić information content (AvgIpc) is 3.02. The minimum absolute atomic E-state index is 0.291. The van der Waals surface area contributed by atoms with Gasteiger partial charge in [-0.05, 0) is 29.7 Å². The molecule has 0 fully saturated rings. The lowest BCUT2D eigenvalue weighted by Crippen LogP contribution is -2.32. The van der Waals surface area contributed by atoms with Gasteiger partial charge >= 0.3 is 5.97 Å². The number of nitrogens with zero attached hydrogens (tertiary/aromatic N) is 3. The third-order valence-corrected chi connectivity index (χ3v) is 3.95. The maximum absolute atomic E-state index is 10.9. The van der Waals surface area contributed by atoms with Crippen molar-refractivity contribution in [2.75, 3.05) is 0 Å². The Morgan fingerprint density at radius 1 is 1.31 bits per heavy atom. The molecule has 3 aromatic rings. The van der Waals surface area contributed by atoms with E-state index in [9.17, 15) is 4.79 Å². The van der Waals surface area contributed by atoms with Crippen molar-refractivity contribution in [1.29, 1.82) is 0 Å². The standard InChI is InChI=1S/C19H20N4O3/c1-23-11-16(18(22-23)12-26-15-3-2-8-21-10-15)14-6-4-13(5-7-14)9-17(20)19(24)25/h2-8,10-11,17H,9,12,20H2,1H3,(H,24,25)/t17-/m0/s1. The monoisotopic (exact) mass is 352 g/mol. The number of hydrogen-bond donors (Lipinski definition) is 2. The zero-order valence-corrected chi connectivity index (χ0v) is 14.4. The van der Waals surface area contributed by atoms with Crippen LogP contribution in [0.4, 0.5) is 0 Å². The Morgan fingerprint density at radius 2 is 2.08 bits per heavy atom. The number of carbonyl (C=O) groups is 1. The van der Waals surface area contributed by atoms with E-state index in [1.54, 1.807) is 17.1 Å². The number of rotatable bonds is 7. The van der Waals surface area contributed by atoms with Gasteiger partial charge in [-0.2, -0.15) is 5.10 Å². The molecule has 3 N–H and O–H groups in total. The van der Waals surface area contributed by atoms with Crippen molar-refractivity contribution in [3.8, 4) is 16.9 Å². The second-order valence-corrected chi connectivity index (χ2v) is 5.99. The highest BCUT2D eigenvalue weighted by Gasteiger charge is 2.14. The van der Waals surface area contributed by atoms with Crippen LogP contribution in [-0.4, -0.2) is 31.9 Å². The molecule has 0 saturated heterocycles. The molecule has 0 bridgehead atoms. The number of pyridine rings is 1. The summed E-state index contributed by atoms with van der Waals surface area (Å²) >= 11 is 0. The number of benzene rings is 1. The van der Waals surface area contributed by atoms with E-state index < -0.39 is 12.0 Å². The lowest BCUT2D eigenvalue weighted by Gasteiger charge is -2.08. The molecular formula is C19H20N4O3. The Kier molecular flexibility index (Phi) is 5.28. The SMILES string of the molecule is Cn1cc(-c2ccc(C[C@H](N)C(=O)O)cc2)c(COc2cccnc2)n1.